The smallest absolute Gasteiger partial charge is 0.185 e. The molecule has 0 amide bonds. The average molecular weight is 264 g/mol. The van der Waals surface area contributed by atoms with Gasteiger partial charge in [0.15, 0.2) is 17.4 Å². The quantitative estimate of drug-likeness (QED) is 0.795. The zero-order chi connectivity index (χ0) is 14.0. The standard InChI is InChI=1S/C14H14F2N2O/c1-3-13-17-6-7-18(13)9(2)14(19)10-4-5-11(15)12(16)8-10/h4-9H,3H2,1-2H3. The second kappa shape index (κ2) is 5.30. The summed E-state index contributed by atoms with van der Waals surface area (Å²) >= 11 is 0. The Morgan fingerprint density at radius 1 is 1.37 bits per heavy atom. The predicted molar refractivity (Wildman–Crippen MR) is 67.0 cm³/mol. The van der Waals surface area contributed by atoms with Crippen molar-refractivity contribution in [3.05, 3.63) is 53.6 Å². The van der Waals surface area contributed by atoms with Crippen molar-refractivity contribution in [2.75, 3.05) is 0 Å². The Hall–Kier alpha value is -2.04. The van der Waals surface area contributed by atoms with Crippen LogP contribution in [-0.4, -0.2) is 15.3 Å². The van der Waals surface area contributed by atoms with Gasteiger partial charge in [0, 0.05) is 24.4 Å². The first-order valence-corrected chi connectivity index (χ1v) is 6.05. The number of hydrogen-bond acceptors (Lipinski definition) is 2. The summed E-state index contributed by atoms with van der Waals surface area (Å²) in [7, 11) is 0. The lowest BCUT2D eigenvalue weighted by Crippen LogP contribution is -2.18. The second-order valence-corrected chi connectivity index (χ2v) is 4.27. The molecule has 2 aromatic rings. The highest BCUT2D eigenvalue weighted by Crippen LogP contribution is 2.18. The summed E-state index contributed by atoms with van der Waals surface area (Å²) in [6.07, 6.45) is 4.03. The van der Waals surface area contributed by atoms with Crippen LogP contribution in [-0.2, 0) is 6.42 Å². The Morgan fingerprint density at radius 2 is 2.11 bits per heavy atom. The first-order chi connectivity index (χ1) is 9.04. The molecular weight excluding hydrogens is 250 g/mol. The molecule has 1 heterocycles. The maximum atomic E-state index is 13.1. The lowest BCUT2D eigenvalue weighted by atomic mass is 10.0. The number of halogens is 2. The van der Waals surface area contributed by atoms with Gasteiger partial charge in [-0.1, -0.05) is 6.92 Å². The molecule has 0 spiro atoms. The van der Waals surface area contributed by atoms with Crippen LogP contribution in [0.25, 0.3) is 0 Å². The average Bonchev–Trinajstić information content (AvgIpc) is 2.88. The molecule has 0 bridgehead atoms. The highest BCUT2D eigenvalue weighted by molar-refractivity contribution is 5.98. The number of nitrogens with zero attached hydrogens (tertiary/aromatic N) is 2. The zero-order valence-electron chi connectivity index (χ0n) is 10.7. The molecule has 0 fully saturated rings. The van der Waals surface area contributed by atoms with Crippen LogP contribution in [0.4, 0.5) is 8.78 Å². The van der Waals surface area contributed by atoms with Gasteiger partial charge in [-0.2, -0.15) is 0 Å². The minimum absolute atomic E-state index is 0.155. The summed E-state index contributed by atoms with van der Waals surface area (Å²) in [5.41, 5.74) is 0.155. The van der Waals surface area contributed by atoms with E-state index in [4.69, 9.17) is 0 Å². The number of ketones is 1. The largest absolute Gasteiger partial charge is 0.324 e. The van der Waals surface area contributed by atoms with Crippen molar-refractivity contribution in [1.82, 2.24) is 9.55 Å². The molecular formula is C14H14F2N2O. The van der Waals surface area contributed by atoms with Crippen LogP contribution in [0.15, 0.2) is 30.6 Å². The van der Waals surface area contributed by atoms with Crippen molar-refractivity contribution in [2.45, 2.75) is 26.3 Å². The number of Topliss-reactive ketones (excluding diaryl/α,β-unsaturated/α-hetero) is 1. The van der Waals surface area contributed by atoms with E-state index in [-0.39, 0.29) is 11.3 Å². The molecule has 0 N–H and O–H groups in total. The minimum Gasteiger partial charge on any atom is -0.324 e. The van der Waals surface area contributed by atoms with Crippen LogP contribution < -0.4 is 0 Å². The van der Waals surface area contributed by atoms with Crippen molar-refractivity contribution in [3.8, 4) is 0 Å². The fourth-order valence-electron chi connectivity index (χ4n) is 1.99. The molecule has 19 heavy (non-hydrogen) atoms. The number of aromatic nitrogens is 2. The monoisotopic (exact) mass is 264 g/mol. The Morgan fingerprint density at radius 3 is 2.74 bits per heavy atom. The van der Waals surface area contributed by atoms with Crippen molar-refractivity contribution < 1.29 is 13.6 Å². The first-order valence-electron chi connectivity index (χ1n) is 6.05. The molecule has 0 saturated heterocycles. The van der Waals surface area contributed by atoms with E-state index < -0.39 is 17.7 Å². The summed E-state index contributed by atoms with van der Waals surface area (Å²) in [5.74, 6) is -1.46. The number of rotatable bonds is 4. The fourth-order valence-corrected chi connectivity index (χ4v) is 1.99. The Bertz CT molecular complexity index is 607. The highest BCUT2D eigenvalue weighted by Gasteiger charge is 2.19. The van der Waals surface area contributed by atoms with E-state index in [9.17, 15) is 13.6 Å². The van der Waals surface area contributed by atoms with Gasteiger partial charge in [0.05, 0.1) is 6.04 Å². The molecule has 1 aromatic heterocycles. The van der Waals surface area contributed by atoms with Gasteiger partial charge in [0.1, 0.15) is 5.82 Å². The maximum Gasteiger partial charge on any atom is 0.185 e. The van der Waals surface area contributed by atoms with Crippen LogP contribution in [0.5, 0.6) is 0 Å². The first kappa shape index (κ1) is 13.4. The predicted octanol–water partition coefficient (Wildman–Crippen LogP) is 3.17. The number of imidazole rings is 1. The molecule has 3 nitrogen and oxygen atoms in total. The van der Waals surface area contributed by atoms with E-state index >= 15 is 0 Å². The molecule has 100 valence electrons. The second-order valence-electron chi connectivity index (χ2n) is 4.27. The van der Waals surface area contributed by atoms with Gasteiger partial charge in [-0.15, -0.1) is 0 Å². The third-order valence-corrected chi connectivity index (χ3v) is 3.07. The van der Waals surface area contributed by atoms with E-state index in [0.717, 1.165) is 18.0 Å². The van der Waals surface area contributed by atoms with Crippen LogP contribution in [0.3, 0.4) is 0 Å². The molecule has 1 atom stereocenters. The van der Waals surface area contributed by atoms with Gasteiger partial charge in [0.25, 0.3) is 0 Å². The number of aryl methyl sites for hydroxylation is 1. The van der Waals surface area contributed by atoms with E-state index in [1.807, 2.05) is 6.92 Å². The van der Waals surface area contributed by atoms with Crippen molar-refractivity contribution in [2.24, 2.45) is 0 Å². The number of carbonyl (C=O) groups is 1. The summed E-state index contributed by atoms with van der Waals surface area (Å²) in [4.78, 5) is 16.4. The normalized spacial score (nSPS) is 12.4. The Kier molecular flexibility index (Phi) is 3.74. The molecule has 0 aliphatic heterocycles. The number of hydrogen-bond donors (Lipinski definition) is 0. The summed E-state index contributed by atoms with van der Waals surface area (Å²) < 4.78 is 27.7. The van der Waals surface area contributed by atoms with Crippen LogP contribution in [0.2, 0.25) is 0 Å². The topological polar surface area (TPSA) is 34.9 Å². The zero-order valence-corrected chi connectivity index (χ0v) is 10.7. The van der Waals surface area contributed by atoms with E-state index in [1.165, 1.54) is 6.07 Å². The van der Waals surface area contributed by atoms with Crippen molar-refractivity contribution in [3.63, 3.8) is 0 Å². The van der Waals surface area contributed by atoms with Crippen molar-refractivity contribution >= 4 is 5.78 Å². The van der Waals surface area contributed by atoms with E-state index in [0.29, 0.717) is 6.42 Å². The third kappa shape index (κ3) is 2.54. The van der Waals surface area contributed by atoms with Crippen molar-refractivity contribution in [1.29, 1.82) is 0 Å². The van der Waals surface area contributed by atoms with E-state index in [2.05, 4.69) is 4.98 Å². The lowest BCUT2D eigenvalue weighted by molar-refractivity contribution is 0.0932. The number of carbonyl (C=O) groups excluding carboxylic acids is 1. The molecule has 0 radical (unpaired) electrons. The van der Waals surface area contributed by atoms with Crippen LogP contribution in [0.1, 0.15) is 36.1 Å². The van der Waals surface area contributed by atoms with Gasteiger partial charge in [-0.3, -0.25) is 4.79 Å². The van der Waals surface area contributed by atoms with Gasteiger partial charge < -0.3 is 4.57 Å². The summed E-state index contributed by atoms with van der Waals surface area (Å²) in [6, 6.07) is 2.68. The van der Waals surface area contributed by atoms with Gasteiger partial charge in [0.2, 0.25) is 0 Å². The van der Waals surface area contributed by atoms with Gasteiger partial charge in [-0.05, 0) is 25.1 Å². The maximum absolute atomic E-state index is 13.1. The Labute approximate surface area is 109 Å². The summed E-state index contributed by atoms with van der Waals surface area (Å²) in [6.45, 7) is 3.65. The SMILES string of the molecule is CCc1nccn1C(C)C(=O)c1ccc(F)c(F)c1. The molecule has 2 rings (SSSR count). The Balaban J connectivity index is 2.31. The summed E-state index contributed by atoms with van der Waals surface area (Å²) in [5, 5.41) is 0. The van der Waals surface area contributed by atoms with Crippen LogP contribution >= 0.6 is 0 Å². The molecule has 1 aromatic carbocycles. The fraction of sp³-hybridized carbons (Fsp3) is 0.286. The third-order valence-electron chi connectivity index (χ3n) is 3.07. The molecule has 0 aliphatic rings. The molecule has 0 saturated carbocycles. The van der Waals surface area contributed by atoms with Gasteiger partial charge in [-0.25, -0.2) is 13.8 Å². The number of benzene rings is 1. The molecule has 1 unspecified atom stereocenters. The highest BCUT2D eigenvalue weighted by atomic mass is 19.2. The molecule has 0 aliphatic carbocycles. The van der Waals surface area contributed by atoms with Gasteiger partial charge >= 0.3 is 0 Å². The molecule has 5 heteroatoms. The lowest BCUT2D eigenvalue weighted by Gasteiger charge is -2.15. The minimum atomic E-state index is -1.01. The van der Waals surface area contributed by atoms with Crippen LogP contribution in [0, 0.1) is 11.6 Å². The van der Waals surface area contributed by atoms with E-state index in [1.54, 1.807) is 23.9 Å².